The number of ketones is 1. The molecule has 104 valence electrons. The predicted octanol–water partition coefficient (Wildman–Crippen LogP) is 0.732. The summed E-state index contributed by atoms with van der Waals surface area (Å²) in [5.41, 5.74) is 1.30. The smallest absolute Gasteiger partial charge is 0.222 e. The molecular weight excluding hydrogens is 244 g/mol. The third kappa shape index (κ3) is 3.97. The van der Waals surface area contributed by atoms with Crippen molar-refractivity contribution in [3.05, 3.63) is 17.5 Å². The van der Waals surface area contributed by atoms with E-state index in [-0.39, 0.29) is 5.78 Å². The molecule has 6 heteroatoms. The number of aryl methyl sites for hydroxylation is 1. The normalized spacial score (nSPS) is 16.3. The molecule has 0 unspecified atom stereocenters. The van der Waals surface area contributed by atoms with Crippen LogP contribution in [0.5, 0.6) is 0 Å². The zero-order valence-electron chi connectivity index (χ0n) is 11.5. The van der Waals surface area contributed by atoms with Gasteiger partial charge in [0.2, 0.25) is 5.95 Å². The van der Waals surface area contributed by atoms with Crippen LogP contribution in [0, 0.1) is 6.92 Å². The Kier molecular flexibility index (Phi) is 4.81. The lowest BCUT2D eigenvalue weighted by atomic mass is 10.2. The number of anilines is 1. The first kappa shape index (κ1) is 13.9. The van der Waals surface area contributed by atoms with Gasteiger partial charge in [0.25, 0.3) is 0 Å². The second-order valence-corrected chi connectivity index (χ2v) is 4.63. The molecule has 0 amide bonds. The van der Waals surface area contributed by atoms with Crippen molar-refractivity contribution in [1.82, 2.24) is 14.9 Å². The Morgan fingerprint density at radius 1 is 1.47 bits per heavy atom. The molecule has 6 nitrogen and oxygen atoms in total. The van der Waals surface area contributed by atoms with Gasteiger partial charge in [-0.3, -0.25) is 9.69 Å². The van der Waals surface area contributed by atoms with Gasteiger partial charge >= 0.3 is 0 Å². The molecule has 0 aliphatic carbocycles. The monoisotopic (exact) mass is 264 g/mol. The zero-order valence-corrected chi connectivity index (χ0v) is 11.5. The lowest BCUT2D eigenvalue weighted by Crippen LogP contribution is -2.39. The summed E-state index contributed by atoms with van der Waals surface area (Å²) in [6, 6.07) is 0. The highest BCUT2D eigenvalue weighted by molar-refractivity contribution is 5.94. The lowest BCUT2D eigenvalue weighted by molar-refractivity contribution is 0.0398. The van der Waals surface area contributed by atoms with Gasteiger partial charge in [-0.25, -0.2) is 9.97 Å². The van der Waals surface area contributed by atoms with E-state index < -0.39 is 0 Å². The second kappa shape index (κ2) is 6.58. The quantitative estimate of drug-likeness (QED) is 0.791. The molecule has 1 fully saturated rings. The third-order valence-electron chi connectivity index (χ3n) is 3.17. The summed E-state index contributed by atoms with van der Waals surface area (Å²) < 4.78 is 5.30. The first-order valence-electron chi connectivity index (χ1n) is 6.55. The molecule has 1 aromatic rings. The number of hydrogen-bond donors (Lipinski definition) is 1. The molecule has 1 saturated heterocycles. The van der Waals surface area contributed by atoms with Gasteiger partial charge in [0.05, 0.1) is 24.5 Å². The van der Waals surface area contributed by atoms with E-state index in [9.17, 15) is 4.79 Å². The second-order valence-electron chi connectivity index (χ2n) is 4.63. The van der Waals surface area contributed by atoms with Crippen molar-refractivity contribution in [2.75, 3.05) is 44.7 Å². The minimum atomic E-state index is -0.00244. The van der Waals surface area contributed by atoms with Crippen molar-refractivity contribution in [2.24, 2.45) is 0 Å². The minimum absolute atomic E-state index is 0.00244. The lowest BCUT2D eigenvalue weighted by Gasteiger charge is -2.26. The Morgan fingerprint density at radius 3 is 2.84 bits per heavy atom. The van der Waals surface area contributed by atoms with Gasteiger partial charge in [0.15, 0.2) is 5.78 Å². The fourth-order valence-corrected chi connectivity index (χ4v) is 2.05. The standard InChI is InChI=1S/C13H20N4O2/c1-10-12(11(2)18)9-15-13(16-10)14-3-4-17-5-7-19-8-6-17/h9H,3-8H2,1-2H3,(H,14,15,16). The van der Waals surface area contributed by atoms with E-state index in [2.05, 4.69) is 20.2 Å². The maximum Gasteiger partial charge on any atom is 0.222 e. The Bertz CT molecular complexity index is 444. The van der Waals surface area contributed by atoms with Crippen molar-refractivity contribution < 1.29 is 9.53 Å². The van der Waals surface area contributed by atoms with Gasteiger partial charge in [-0.2, -0.15) is 0 Å². The summed E-state index contributed by atoms with van der Waals surface area (Å²) in [5, 5.41) is 3.18. The molecule has 2 heterocycles. The van der Waals surface area contributed by atoms with E-state index >= 15 is 0 Å². The van der Waals surface area contributed by atoms with Gasteiger partial charge in [0, 0.05) is 32.4 Å². The number of nitrogens with one attached hydrogen (secondary N) is 1. The number of aromatic nitrogens is 2. The number of Topliss-reactive ketones (excluding diaryl/α,β-unsaturated/α-hetero) is 1. The van der Waals surface area contributed by atoms with Gasteiger partial charge in [-0.1, -0.05) is 0 Å². The fourth-order valence-electron chi connectivity index (χ4n) is 2.05. The molecule has 0 radical (unpaired) electrons. The summed E-state index contributed by atoms with van der Waals surface area (Å²) in [6.45, 7) is 8.66. The average Bonchev–Trinajstić information content (AvgIpc) is 2.39. The van der Waals surface area contributed by atoms with Gasteiger partial charge in [0.1, 0.15) is 0 Å². The van der Waals surface area contributed by atoms with E-state index in [0.717, 1.165) is 45.1 Å². The van der Waals surface area contributed by atoms with Crippen LogP contribution in [0.3, 0.4) is 0 Å². The molecule has 0 aromatic carbocycles. The zero-order chi connectivity index (χ0) is 13.7. The molecule has 1 N–H and O–H groups in total. The highest BCUT2D eigenvalue weighted by Gasteiger charge is 2.10. The van der Waals surface area contributed by atoms with Crippen molar-refractivity contribution in [3.63, 3.8) is 0 Å². The Labute approximate surface area is 113 Å². The molecule has 0 spiro atoms. The number of carbonyl (C=O) groups excluding carboxylic acids is 1. The maximum absolute atomic E-state index is 11.3. The third-order valence-corrected chi connectivity index (χ3v) is 3.17. The van der Waals surface area contributed by atoms with E-state index in [4.69, 9.17) is 4.74 Å². The number of carbonyl (C=O) groups is 1. The first-order chi connectivity index (χ1) is 9.16. The maximum atomic E-state index is 11.3. The van der Waals surface area contributed by atoms with Crippen LogP contribution in [0.15, 0.2) is 6.20 Å². The highest BCUT2D eigenvalue weighted by atomic mass is 16.5. The van der Waals surface area contributed by atoms with Crippen LogP contribution < -0.4 is 5.32 Å². The summed E-state index contributed by atoms with van der Waals surface area (Å²) in [4.78, 5) is 22.1. The Hall–Kier alpha value is -1.53. The molecule has 2 rings (SSSR count). The van der Waals surface area contributed by atoms with Crippen LogP contribution in [0.4, 0.5) is 5.95 Å². The molecule has 0 bridgehead atoms. The summed E-state index contributed by atoms with van der Waals surface area (Å²) in [5.74, 6) is 0.577. The van der Waals surface area contributed by atoms with Gasteiger partial charge in [-0.15, -0.1) is 0 Å². The van der Waals surface area contributed by atoms with Crippen molar-refractivity contribution in [2.45, 2.75) is 13.8 Å². The molecule has 1 aromatic heterocycles. The summed E-state index contributed by atoms with van der Waals surface area (Å²) in [7, 11) is 0. The molecule has 0 saturated carbocycles. The number of morpholine rings is 1. The van der Waals surface area contributed by atoms with E-state index in [1.165, 1.54) is 6.92 Å². The van der Waals surface area contributed by atoms with E-state index in [0.29, 0.717) is 11.5 Å². The average molecular weight is 264 g/mol. The number of nitrogens with zero attached hydrogens (tertiary/aromatic N) is 3. The predicted molar refractivity (Wildman–Crippen MR) is 72.5 cm³/mol. The van der Waals surface area contributed by atoms with Crippen LogP contribution >= 0.6 is 0 Å². The highest BCUT2D eigenvalue weighted by Crippen LogP contribution is 2.07. The molecule has 0 atom stereocenters. The molecule has 1 aliphatic heterocycles. The minimum Gasteiger partial charge on any atom is -0.379 e. The van der Waals surface area contributed by atoms with Crippen LogP contribution in [0.1, 0.15) is 23.0 Å². The summed E-state index contributed by atoms with van der Waals surface area (Å²) in [6.07, 6.45) is 1.59. The van der Waals surface area contributed by atoms with Crippen LogP contribution in [0.2, 0.25) is 0 Å². The summed E-state index contributed by atoms with van der Waals surface area (Å²) >= 11 is 0. The number of hydrogen-bond acceptors (Lipinski definition) is 6. The first-order valence-corrected chi connectivity index (χ1v) is 6.55. The SMILES string of the molecule is CC(=O)c1cnc(NCCN2CCOCC2)nc1C. The van der Waals surface area contributed by atoms with E-state index in [1.54, 1.807) is 6.20 Å². The van der Waals surface area contributed by atoms with Crippen LogP contribution in [0.25, 0.3) is 0 Å². The van der Waals surface area contributed by atoms with Crippen molar-refractivity contribution >= 4 is 11.7 Å². The van der Waals surface area contributed by atoms with Crippen LogP contribution in [-0.4, -0.2) is 60.0 Å². The largest absolute Gasteiger partial charge is 0.379 e. The van der Waals surface area contributed by atoms with Crippen molar-refractivity contribution in [3.8, 4) is 0 Å². The Morgan fingerprint density at radius 2 is 2.21 bits per heavy atom. The van der Waals surface area contributed by atoms with Gasteiger partial charge < -0.3 is 10.1 Å². The molecular formula is C13H20N4O2. The van der Waals surface area contributed by atoms with Crippen molar-refractivity contribution in [1.29, 1.82) is 0 Å². The van der Waals surface area contributed by atoms with Crippen LogP contribution in [-0.2, 0) is 4.74 Å². The van der Waals surface area contributed by atoms with Gasteiger partial charge in [-0.05, 0) is 13.8 Å². The Balaban J connectivity index is 1.82. The number of ether oxygens (including phenoxy) is 1. The topological polar surface area (TPSA) is 67.4 Å². The van der Waals surface area contributed by atoms with E-state index in [1.807, 2.05) is 6.92 Å². The molecule has 1 aliphatic rings. The fraction of sp³-hybridized carbons (Fsp3) is 0.615. The number of rotatable bonds is 5. The molecule has 19 heavy (non-hydrogen) atoms.